The minimum Gasteiger partial charge on any atom is -0.550 e. The van der Waals surface area contributed by atoms with Gasteiger partial charge in [0.1, 0.15) is 0 Å². The van der Waals surface area contributed by atoms with Gasteiger partial charge in [0.05, 0.1) is 12.7 Å². The first-order chi connectivity index (χ1) is 8.51. The van der Waals surface area contributed by atoms with Crippen molar-refractivity contribution < 1.29 is 24.5 Å². The Labute approximate surface area is 108 Å². The first kappa shape index (κ1) is 16.9. The van der Waals surface area contributed by atoms with Crippen LogP contribution in [0.5, 0.6) is 0 Å². The molecule has 0 bridgehead atoms. The van der Waals surface area contributed by atoms with E-state index in [2.05, 4.69) is 0 Å². The molecule has 0 heterocycles. The third kappa shape index (κ3) is 8.06. The van der Waals surface area contributed by atoms with E-state index < -0.39 is 18.0 Å². The second-order valence-corrected chi connectivity index (χ2v) is 4.43. The number of rotatable bonds is 10. The van der Waals surface area contributed by atoms with Crippen molar-refractivity contribution in [1.82, 2.24) is 0 Å². The summed E-state index contributed by atoms with van der Waals surface area (Å²) in [5, 5.41) is 20.0. The minimum absolute atomic E-state index is 0.0463. The molecule has 0 aliphatic heterocycles. The summed E-state index contributed by atoms with van der Waals surface area (Å²) >= 11 is 0. The van der Waals surface area contributed by atoms with Gasteiger partial charge in [-0.25, -0.2) is 0 Å². The van der Waals surface area contributed by atoms with Crippen molar-refractivity contribution in [1.29, 1.82) is 0 Å². The van der Waals surface area contributed by atoms with Gasteiger partial charge in [-0.05, 0) is 25.7 Å². The van der Waals surface area contributed by atoms with Gasteiger partial charge in [-0.2, -0.15) is 0 Å². The molecule has 0 aromatic carbocycles. The predicted molar refractivity (Wildman–Crippen MR) is 64.5 cm³/mol. The van der Waals surface area contributed by atoms with E-state index in [4.69, 9.17) is 4.74 Å². The Balaban J connectivity index is 3.83. The summed E-state index contributed by atoms with van der Waals surface area (Å²) in [5.74, 6) is -1.62. The molecule has 18 heavy (non-hydrogen) atoms. The molecule has 0 fully saturated rings. The Hall–Kier alpha value is -1.10. The molecule has 0 aromatic rings. The van der Waals surface area contributed by atoms with Crippen molar-refractivity contribution in [2.24, 2.45) is 5.92 Å². The van der Waals surface area contributed by atoms with Crippen LogP contribution >= 0.6 is 0 Å². The average molecular weight is 259 g/mol. The fraction of sp³-hybridized carbons (Fsp3) is 0.846. The van der Waals surface area contributed by atoms with E-state index in [0.29, 0.717) is 6.42 Å². The van der Waals surface area contributed by atoms with Gasteiger partial charge in [0.25, 0.3) is 0 Å². The van der Waals surface area contributed by atoms with E-state index >= 15 is 0 Å². The van der Waals surface area contributed by atoms with Crippen LogP contribution in [0, 0.1) is 5.92 Å². The van der Waals surface area contributed by atoms with Crippen molar-refractivity contribution >= 4 is 11.9 Å². The quantitative estimate of drug-likeness (QED) is 0.582. The Morgan fingerprint density at radius 3 is 2.44 bits per heavy atom. The summed E-state index contributed by atoms with van der Waals surface area (Å²) in [4.78, 5) is 21.5. The number of ether oxygens (including phenoxy) is 1. The molecule has 0 saturated heterocycles. The average Bonchev–Trinajstić information content (AvgIpc) is 2.29. The molecular formula is C13H23O5-. The Morgan fingerprint density at radius 2 is 1.94 bits per heavy atom. The highest BCUT2D eigenvalue weighted by Gasteiger charge is 2.18. The van der Waals surface area contributed by atoms with Crippen molar-refractivity contribution in [3.8, 4) is 0 Å². The number of aliphatic hydroxyl groups is 1. The molecule has 0 aliphatic carbocycles. The molecule has 0 amide bonds. The zero-order valence-electron chi connectivity index (χ0n) is 11.2. The Kier molecular flexibility index (Phi) is 9.28. The topological polar surface area (TPSA) is 86.7 Å². The SMILES string of the molecule is CCCC(O)C(CC)COC(=O)CCCC(=O)[O-]. The Bertz CT molecular complexity index is 252. The lowest BCUT2D eigenvalue weighted by atomic mass is 9.97. The number of hydrogen-bond acceptors (Lipinski definition) is 5. The molecule has 0 radical (unpaired) electrons. The molecule has 0 aromatic heterocycles. The number of esters is 1. The van der Waals surface area contributed by atoms with Crippen LogP contribution in [-0.2, 0) is 14.3 Å². The molecule has 1 N–H and O–H groups in total. The fourth-order valence-corrected chi connectivity index (χ4v) is 1.68. The third-order valence-electron chi connectivity index (χ3n) is 2.87. The van der Waals surface area contributed by atoms with Gasteiger partial charge in [0, 0.05) is 18.3 Å². The van der Waals surface area contributed by atoms with Gasteiger partial charge in [0.2, 0.25) is 0 Å². The largest absolute Gasteiger partial charge is 0.550 e. The number of carboxylic acid groups (broad SMARTS) is 1. The monoisotopic (exact) mass is 259 g/mol. The summed E-state index contributed by atoms with van der Waals surface area (Å²) in [6, 6.07) is 0. The number of aliphatic hydroxyl groups excluding tert-OH is 1. The second kappa shape index (κ2) is 9.88. The van der Waals surface area contributed by atoms with Gasteiger partial charge in [-0.3, -0.25) is 4.79 Å². The molecule has 0 rings (SSSR count). The van der Waals surface area contributed by atoms with Crippen LogP contribution < -0.4 is 5.11 Å². The molecule has 0 aliphatic rings. The third-order valence-corrected chi connectivity index (χ3v) is 2.87. The van der Waals surface area contributed by atoms with Gasteiger partial charge < -0.3 is 19.7 Å². The van der Waals surface area contributed by atoms with Crippen LogP contribution in [0.2, 0.25) is 0 Å². The van der Waals surface area contributed by atoms with Crippen LogP contribution in [0.15, 0.2) is 0 Å². The summed E-state index contributed by atoms with van der Waals surface area (Å²) in [6.07, 6.45) is 2.05. The minimum atomic E-state index is -1.16. The van der Waals surface area contributed by atoms with Crippen LogP contribution in [0.4, 0.5) is 0 Å². The Morgan fingerprint density at radius 1 is 1.28 bits per heavy atom. The van der Waals surface area contributed by atoms with Gasteiger partial charge >= 0.3 is 5.97 Å². The number of carbonyl (C=O) groups excluding carboxylic acids is 2. The lowest BCUT2D eigenvalue weighted by Gasteiger charge is -2.20. The van der Waals surface area contributed by atoms with Crippen molar-refractivity contribution in [3.63, 3.8) is 0 Å². The lowest BCUT2D eigenvalue weighted by molar-refractivity contribution is -0.305. The number of carboxylic acids is 1. The van der Waals surface area contributed by atoms with Gasteiger partial charge in [-0.15, -0.1) is 0 Å². The van der Waals surface area contributed by atoms with Crippen molar-refractivity contribution in [3.05, 3.63) is 0 Å². The first-order valence-corrected chi connectivity index (χ1v) is 6.54. The maximum absolute atomic E-state index is 11.3. The molecule has 106 valence electrons. The lowest BCUT2D eigenvalue weighted by Crippen LogP contribution is -2.26. The molecule has 0 spiro atoms. The molecule has 0 saturated carbocycles. The summed E-state index contributed by atoms with van der Waals surface area (Å²) in [6.45, 7) is 4.12. The molecule has 2 unspecified atom stereocenters. The number of aliphatic carboxylic acids is 1. The standard InChI is InChI=1S/C13H24O5/c1-3-6-11(14)10(4-2)9-18-13(17)8-5-7-12(15)16/h10-11,14H,3-9H2,1-2H3,(H,15,16)/p-1. The molecule has 5 heteroatoms. The normalized spacial score (nSPS) is 13.9. The summed E-state index contributed by atoms with van der Waals surface area (Å²) in [7, 11) is 0. The maximum atomic E-state index is 11.3. The first-order valence-electron chi connectivity index (χ1n) is 6.54. The maximum Gasteiger partial charge on any atom is 0.305 e. The van der Waals surface area contributed by atoms with Crippen LogP contribution in [0.3, 0.4) is 0 Å². The van der Waals surface area contributed by atoms with Crippen LogP contribution in [-0.4, -0.2) is 29.8 Å². The van der Waals surface area contributed by atoms with Crippen molar-refractivity contribution in [2.75, 3.05) is 6.61 Å². The highest BCUT2D eigenvalue weighted by molar-refractivity contribution is 5.70. The fourth-order valence-electron chi connectivity index (χ4n) is 1.68. The smallest absolute Gasteiger partial charge is 0.305 e. The zero-order chi connectivity index (χ0) is 14.0. The summed E-state index contributed by atoms with van der Waals surface area (Å²) in [5.41, 5.74) is 0. The van der Waals surface area contributed by atoms with Gasteiger partial charge in [0.15, 0.2) is 0 Å². The van der Waals surface area contributed by atoms with Crippen LogP contribution in [0.1, 0.15) is 52.4 Å². The van der Waals surface area contributed by atoms with Gasteiger partial charge in [-0.1, -0.05) is 20.3 Å². The zero-order valence-corrected chi connectivity index (χ0v) is 11.2. The number of hydrogen-bond donors (Lipinski definition) is 1. The van der Waals surface area contributed by atoms with E-state index in [1.807, 2.05) is 13.8 Å². The molecule has 2 atom stereocenters. The van der Waals surface area contributed by atoms with E-state index in [-0.39, 0.29) is 31.8 Å². The summed E-state index contributed by atoms with van der Waals surface area (Å²) < 4.78 is 5.03. The highest BCUT2D eigenvalue weighted by Crippen LogP contribution is 2.14. The highest BCUT2D eigenvalue weighted by atomic mass is 16.5. The van der Waals surface area contributed by atoms with E-state index in [0.717, 1.165) is 12.8 Å². The van der Waals surface area contributed by atoms with E-state index in [9.17, 15) is 19.8 Å². The molecule has 5 nitrogen and oxygen atoms in total. The van der Waals surface area contributed by atoms with E-state index in [1.165, 1.54) is 0 Å². The predicted octanol–water partition coefficient (Wildman–Crippen LogP) is 0.637. The van der Waals surface area contributed by atoms with Crippen LogP contribution in [0.25, 0.3) is 0 Å². The second-order valence-electron chi connectivity index (χ2n) is 4.43. The number of carbonyl (C=O) groups is 2. The van der Waals surface area contributed by atoms with E-state index in [1.54, 1.807) is 0 Å². The molecular weight excluding hydrogens is 236 g/mol. The van der Waals surface area contributed by atoms with Crippen molar-refractivity contribution in [2.45, 2.75) is 58.5 Å².